The number of hydrogen-bond acceptors (Lipinski definition) is 1. The molecule has 2 unspecified atom stereocenters. The van der Waals surface area contributed by atoms with Crippen molar-refractivity contribution in [3.8, 4) is 0 Å². The summed E-state index contributed by atoms with van der Waals surface area (Å²) >= 11 is 0. The first-order valence-electron chi connectivity index (χ1n) is 7.33. The Morgan fingerprint density at radius 1 is 1.26 bits per heavy atom. The van der Waals surface area contributed by atoms with Gasteiger partial charge in [0.05, 0.1) is 0 Å². The molecule has 1 rings (SSSR count). The number of nitrogens with zero attached hydrogens (tertiary/aromatic N) is 1. The Balaban J connectivity index is 2.69. The fourth-order valence-corrected chi connectivity index (χ4v) is 2.51. The topological polar surface area (TPSA) is 3.24 Å². The van der Waals surface area contributed by atoms with Crippen LogP contribution in [-0.4, -0.2) is 25.5 Å². The molecule has 0 saturated carbocycles. The summed E-state index contributed by atoms with van der Waals surface area (Å²) in [5.74, 6) is 0.665. The van der Waals surface area contributed by atoms with Crippen molar-refractivity contribution in [3.63, 3.8) is 0 Å². The van der Waals surface area contributed by atoms with E-state index in [1.54, 1.807) is 0 Å². The highest BCUT2D eigenvalue weighted by Gasteiger charge is 2.27. The van der Waals surface area contributed by atoms with Crippen LogP contribution >= 0.6 is 0 Å². The Kier molecular flexibility index (Phi) is 6.30. The van der Waals surface area contributed by atoms with Crippen molar-refractivity contribution < 1.29 is 0 Å². The van der Waals surface area contributed by atoms with Crippen molar-refractivity contribution in [2.24, 2.45) is 11.3 Å². The molecule has 1 heteroatoms. The summed E-state index contributed by atoms with van der Waals surface area (Å²) in [7, 11) is 4.21. The monoisotopic (exact) mass is 259 g/mol. The molecular weight excluding hydrogens is 230 g/mol. The van der Waals surface area contributed by atoms with E-state index in [1.807, 2.05) is 0 Å². The molecule has 1 aliphatic rings. The average Bonchev–Trinajstić information content (AvgIpc) is 2.52. The summed E-state index contributed by atoms with van der Waals surface area (Å²) in [6.45, 7) is 7.83. The van der Waals surface area contributed by atoms with Gasteiger partial charge in [0.2, 0.25) is 0 Å². The van der Waals surface area contributed by atoms with Crippen LogP contribution in [0.1, 0.15) is 33.6 Å². The highest BCUT2D eigenvalue weighted by atomic mass is 15.0. The van der Waals surface area contributed by atoms with E-state index in [1.165, 1.54) is 12.0 Å². The molecule has 0 radical (unpaired) electrons. The minimum atomic E-state index is 0.172. The third-order valence-electron chi connectivity index (χ3n) is 3.95. The van der Waals surface area contributed by atoms with E-state index in [9.17, 15) is 0 Å². The van der Waals surface area contributed by atoms with Gasteiger partial charge < -0.3 is 4.90 Å². The molecule has 1 nitrogen and oxygen atoms in total. The molecule has 106 valence electrons. The van der Waals surface area contributed by atoms with E-state index >= 15 is 0 Å². The second-order valence-corrected chi connectivity index (χ2v) is 6.04. The van der Waals surface area contributed by atoms with Crippen LogP contribution in [0.3, 0.4) is 0 Å². The summed E-state index contributed by atoms with van der Waals surface area (Å²) in [5.41, 5.74) is 1.50. The number of hydrogen-bond donors (Lipinski definition) is 0. The maximum Gasteiger partial charge on any atom is 0.0157 e. The van der Waals surface area contributed by atoms with Crippen LogP contribution in [0.15, 0.2) is 48.1 Å². The molecule has 0 saturated heterocycles. The number of likely N-dealkylation sites (N-methyl/N-ethyl adjacent to an activating group) is 1. The Labute approximate surface area is 119 Å². The molecule has 0 spiro atoms. The van der Waals surface area contributed by atoms with Crippen LogP contribution in [-0.2, 0) is 0 Å². The maximum atomic E-state index is 2.37. The standard InChI is InChI=1S/C18H29N/c1-6-17(11-7-8-15-19(4)5)18(3)13-9-10-16(2)12-14-18/h7-10,12-14,17H,6,11,15H2,1-5H3. The lowest BCUT2D eigenvalue weighted by Gasteiger charge is -2.31. The molecule has 0 aromatic rings. The summed E-state index contributed by atoms with van der Waals surface area (Å²) < 4.78 is 0. The molecule has 0 aromatic carbocycles. The van der Waals surface area contributed by atoms with Crippen molar-refractivity contribution >= 4 is 0 Å². The largest absolute Gasteiger partial charge is 0.306 e. The molecule has 0 bridgehead atoms. The minimum Gasteiger partial charge on any atom is -0.306 e. The van der Waals surface area contributed by atoms with Crippen LogP contribution < -0.4 is 0 Å². The van der Waals surface area contributed by atoms with Crippen LogP contribution in [0.4, 0.5) is 0 Å². The van der Waals surface area contributed by atoms with Gasteiger partial charge in [0, 0.05) is 12.0 Å². The van der Waals surface area contributed by atoms with Gasteiger partial charge in [0.1, 0.15) is 0 Å². The quantitative estimate of drug-likeness (QED) is 0.630. The summed E-state index contributed by atoms with van der Waals surface area (Å²) in [6, 6.07) is 0. The molecule has 2 atom stereocenters. The van der Waals surface area contributed by atoms with Gasteiger partial charge in [-0.25, -0.2) is 0 Å². The van der Waals surface area contributed by atoms with Crippen LogP contribution in [0, 0.1) is 11.3 Å². The summed E-state index contributed by atoms with van der Waals surface area (Å²) in [5, 5.41) is 0. The summed E-state index contributed by atoms with van der Waals surface area (Å²) in [4.78, 5) is 2.19. The Morgan fingerprint density at radius 2 is 2.00 bits per heavy atom. The predicted molar refractivity (Wildman–Crippen MR) is 86.2 cm³/mol. The molecule has 0 heterocycles. The minimum absolute atomic E-state index is 0.172. The smallest absolute Gasteiger partial charge is 0.0157 e. The number of allylic oxidation sites excluding steroid dienone is 7. The van der Waals surface area contributed by atoms with Crippen LogP contribution in [0.25, 0.3) is 0 Å². The van der Waals surface area contributed by atoms with Crippen molar-refractivity contribution in [2.45, 2.75) is 33.6 Å². The van der Waals surface area contributed by atoms with Crippen molar-refractivity contribution in [1.82, 2.24) is 4.90 Å². The fraction of sp³-hybridized carbons (Fsp3) is 0.556. The van der Waals surface area contributed by atoms with E-state index in [4.69, 9.17) is 0 Å². The second kappa shape index (κ2) is 7.49. The first-order valence-corrected chi connectivity index (χ1v) is 7.33. The van der Waals surface area contributed by atoms with Crippen molar-refractivity contribution in [2.75, 3.05) is 20.6 Å². The SMILES string of the molecule is CCC(CC=CCN(C)C)C1(C)C=CC=C(C)C=C1. The third kappa shape index (κ3) is 5.20. The van der Waals surface area contributed by atoms with Gasteiger partial charge in [-0.1, -0.05) is 68.4 Å². The molecule has 0 fully saturated rings. The highest BCUT2D eigenvalue weighted by molar-refractivity contribution is 5.30. The van der Waals surface area contributed by atoms with E-state index in [0.29, 0.717) is 5.92 Å². The van der Waals surface area contributed by atoms with Crippen molar-refractivity contribution in [3.05, 3.63) is 48.1 Å². The molecule has 0 aliphatic heterocycles. The Hall–Kier alpha value is -1.08. The van der Waals surface area contributed by atoms with Gasteiger partial charge in [-0.3, -0.25) is 0 Å². The van der Waals surface area contributed by atoms with Crippen molar-refractivity contribution in [1.29, 1.82) is 0 Å². The zero-order valence-corrected chi connectivity index (χ0v) is 13.2. The zero-order chi connectivity index (χ0) is 14.3. The lowest BCUT2D eigenvalue weighted by Crippen LogP contribution is -2.22. The van der Waals surface area contributed by atoms with Gasteiger partial charge in [0.25, 0.3) is 0 Å². The first-order chi connectivity index (χ1) is 8.98. The van der Waals surface area contributed by atoms with E-state index in [0.717, 1.165) is 13.0 Å². The predicted octanol–water partition coefficient (Wildman–Crippen LogP) is 4.60. The highest BCUT2D eigenvalue weighted by Crippen LogP contribution is 2.37. The van der Waals surface area contributed by atoms with Gasteiger partial charge in [-0.05, 0) is 33.4 Å². The van der Waals surface area contributed by atoms with Crippen LogP contribution in [0.2, 0.25) is 0 Å². The van der Waals surface area contributed by atoms with Crippen LogP contribution in [0.5, 0.6) is 0 Å². The second-order valence-electron chi connectivity index (χ2n) is 6.04. The molecular formula is C18H29N. The molecule has 0 aromatic heterocycles. The van der Waals surface area contributed by atoms with Gasteiger partial charge in [-0.2, -0.15) is 0 Å². The lowest BCUT2D eigenvalue weighted by molar-refractivity contribution is 0.316. The summed E-state index contributed by atoms with van der Waals surface area (Å²) in [6.07, 6.45) is 18.4. The van der Waals surface area contributed by atoms with Gasteiger partial charge in [-0.15, -0.1) is 0 Å². The average molecular weight is 259 g/mol. The molecule has 19 heavy (non-hydrogen) atoms. The van der Waals surface area contributed by atoms with Gasteiger partial charge in [0.15, 0.2) is 0 Å². The lowest BCUT2D eigenvalue weighted by atomic mass is 9.73. The maximum absolute atomic E-state index is 2.37. The van der Waals surface area contributed by atoms with E-state index in [-0.39, 0.29) is 5.41 Å². The Morgan fingerprint density at radius 3 is 2.63 bits per heavy atom. The van der Waals surface area contributed by atoms with E-state index < -0.39 is 0 Å². The van der Waals surface area contributed by atoms with E-state index in [2.05, 4.69) is 82.3 Å². The van der Waals surface area contributed by atoms with Gasteiger partial charge >= 0.3 is 0 Å². The third-order valence-corrected chi connectivity index (χ3v) is 3.95. The fourth-order valence-electron chi connectivity index (χ4n) is 2.51. The molecule has 0 N–H and O–H groups in total. The molecule has 1 aliphatic carbocycles. The normalized spacial score (nSPS) is 24.8. The first kappa shape index (κ1) is 16.0. The zero-order valence-electron chi connectivity index (χ0n) is 13.2. The number of rotatable bonds is 6. The Bertz CT molecular complexity index is 384. The molecule has 0 amide bonds.